The highest BCUT2D eigenvalue weighted by Gasteiger charge is 2.43. The summed E-state index contributed by atoms with van der Waals surface area (Å²) in [6, 6.07) is 14.4. The smallest absolute Gasteiger partial charge is 0.340 e. The summed E-state index contributed by atoms with van der Waals surface area (Å²) in [6.45, 7) is -0.127. The van der Waals surface area contributed by atoms with Gasteiger partial charge in [0.25, 0.3) is 17.5 Å². The molecule has 0 saturated heterocycles. The van der Waals surface area contributed by atoms with Crippen LogP contribution in [0.3, 0.4) is 0 Å². The van der Waals surface area contributed by atoms with E-state index >= 15 is 0 Å². The fraction of sp³-hybridized carbons (Fsp3) is 0.0455. The first-order valence-electron chi connectivity index (χ1n) is 9.16. The molecule has 0 fully saturated rings. The zero-order valence-corrected chi connectivity index (χ0v) is 17.6. The second-order valence-electron chi connectivity index (χ2n) is 6.74. The summed E-state index contributed by atoms with van der Waals surface area (Å²) in [5.74, 6) is -2.45. The lowest BCUT2D eigenvalue weighted by Gasteiger charge is -2.17. The summed E-state index contributed by atoms with van der Waals surface area (Å²) in [6.07, 6.45) is 0. The molecule has 32 heavy (non-hydrogen) atoms. The van der Waals surface area contributed by atoms with Gasteiger partial charge in [-0.1, -0.05) is 47.5 Å². The molecule has 0 spiro atoms. The number of halogens is 2. The number of carbonyl (C=O) groups is 3. The molecule has 160 valence electrons. The Bertz CT molecular complexity index is 1310. The number of hydrogen-bond acceptors (Lipinski definition) is 6. The molecule has 1 aliphatic rings. The van der Waals surface area contributed by atoms with Crippen molar-refractivity contribution in [1.29, 1.82) is 0 Å². The van der Waals surface area contributed by atoms with Crippen molar-refractivity contribution in [3.63, 3.8) is 0 Å². The van der Waals surface area contributed by atoms with E-state index in [4.69, 9.17) is 27.9 Å². The number of imide groups is 1. The van der Waals surface area contributed by atoms with Crippen LogP contribution >= 0.6 is 23.2 Å². The number of benzene rings is 3. The highest BCUT2D eigenvalue weighted by Crippen LogP contribution is 2.35. The van der Waals surface area contributed by atoms with Crippen LogP contribution in [0.25, 0.3) is 0 Å². The van der Waals surface area contributed by atoms with Gasteiger partial charge in [-0.25, -0.2) is 9.69 Å². The maximum Gasteiger partial charge on any atom is 0.340 e. The largest absolute Gasteiger partial charge is 0.457 e. The number of fused-ring (bicyclic) bond motifs is 1. The Balaban J connectivity index is 1.65. The highest BCUT2D eigenvalue weighted by molar-refractivity contribution is 6.42. The van der Waals surface area contributed by atoms with Crippen LogP contribution in [0.1, 0.15) is 36.6 Å². The Kier molecular flexibility index (Phi) is 5.65. The zero-order chi connectivity index (χ0) is 23.0. The van der Waals surface area contributed by atoms with Gasteiger partial charge < -0.3 is 4.74 Å². The Hall–Kier alpha value is -3.75. The van der Waals surface area contributed by atoms with E-state index < -0.39 is 28.4 Å². The molecule has 0 bridgehead atoms. The van der Waals surface area contributed by atoms with Crippen molar-refractivity contribution in [2.75, 3.05) is 4.90 Å². The number of nitrogens with zero attached hydrogens (tertiary/aromatic N) is 2. The lowest BCUT2D eigenvalue weighted by molar-refractivity contribution is -0.385. The van der Waals surface area contributed by atoms with Crippen molar-refractivity contribution in [2.45, 2.75) is 6.61 Å². The summed E-state index contributed by atoms with van der Waals surface area (Å²) >= 11 is 11.8. The van der Waals surface area contributed by atoms with Crippen molar-refractivity contribution in [3.8, 4) is 0 Å². The monoisotopic (exact) mass is 470 g/mol. The SMILES string of the molecule is O=C(OCc1ccc(Cl)c(Cl)c1)c1ccccc1N1C(=O)c2cccc([N+](=O)[O-])c2C1=O. The summed E-state index contributed by atoms with van der Waals surface area (Å²) in [4.78, 5) is 50.0. The Morgan fingerprint density at radius 2 is 1.72 bits per heavy atom. The molecule has 4 rings (SSSR count). The van der Waals surface area contributed by atoms with Gasteiger partial charge in [-0.2, -0.15) is 0 Å². The van der Waals surface area contributed by atoms with E-state index in [1.54, 1.807) is 24.3 Å². The van der Waals surface area contributed by atoms with E-state index in [9.17, 15) is 24.5 Å². The van der Waals surface area contributed by atoms with Crippen LogP contribution < -0.4 is 4.90 Å². The zero-order valence-electron chi connectivity index (χ0n) is 16.1. The number of carbonyl (C=O) groups excluding carboxylic acids is 3. The van der Waals surface area contributed by atoms with Gasteiger partial charge in [0.15, 0.2) is 0 Å². The lowest BCUT2D eigenvalue weighted by atomic mass is 10.1. The summed E-state index contributed by atoms with van der Waals surface area (Å²) in [5.41, 5.74) is -0.411. The molecule has 3 aromatic carbocycles. The molecule has 0 atom stereocenters. The molecule has 0 unspecified atom stereocenters. The lowest BCUT2D eigenvalue weighted by Crippen LogP contribution is -2.31. The van der Waals surface area contributed by atoms with Crippen LogP contribution in [-0.2, 0) is 11.3 Å². The third-order valence-electron chi connectivity index (χ3n) is 4.81. The molecular formula is C22H12Cl2N2O6. The van der Waals surface area contributed by atoms with Gasteiger partial charge in [0.1, 0.15) is 12.2 Å². The predicted molar refractivity (Wildman–Crippen MR) is 116 cm³/mol. The van der Waals surface area contributed by atoms with Crippen molar-refractivity contribution >= 4 is 52.4 Å². The fourth-order valence-corrected chi connectivity index (χ4v) is 3.66. The van der Waals surface area contributed by atoms with Crippen LogP contribution in [0.15, 0.2) is 60.7 Å². The number of rotatable bonds is 5. The van der Waals surface area contributed by atoms with Gasteiger partial charge >= 0.3 is 5.97 Å². The molecule has 0 saturated carbocycles. The van der Waals surface area contributed by atoms with Crippen LogP contribution in [0.2, 0.25) is 10.0 Å². The van der Waals surface area contributed by atoms with Crippen molar-refractivity contribution in [2.24, 2.45) is 0 Å². The van der Waals surface area contributed by atoms with Crippen molar-refractivity contribution < 1.29 is 24.0 Å². The van der Waals surface area contributed by atoms with Crippen LogP contribution in [-0.4, -0.2) is 22.7 Å². The molecule has 0 radical (unpaired) electrons. The van der Waals surface area contributed by atoms with E-state index in [-0.39, 0.29) is 29.0 Å². The number of nitro groups is 1. The van der Waals surface area contributed by atoms with E-state index in [0.29, 0.717) is 15.6 Å². The minimum Gasteiger partial charge on any atom is -0.457 e. The summed E-state index contributed by atoms with van der Waals surface area (Å²) in [5, 5.41) is 12.0. The van der Waals surface area contributed by atoms with Gasteiger partial charge in [-0.3, -0.25) is 19.7 Å². The third-order valence-corrected chi connectivity index (χ3v) is 5.55. The maximum absolute atomic E-state index is 13.0. The van der Waals surface area contributed by atoms with Crippen LogP contribution in [0.5, 0.6) is 0 Å². The Labute approximate surface area is 191 Å². The standard InChI is InChI=1S/C22H12Cl2N2O6/c23-15-9-8-12(10-16(15)24)11-32-22(29)13-4-1-2-6-17(13)25-20(27)14-5-3-7-18(26(30)31)19(14)21(25)28/h1-10H,11H2. The molecule has 1 aliphatic heterocycles. The predicted octanol–water partition coefficient (Wildman–Crippen LogP) is 5.06. The van der Waals surface area contributed by atoms with Gasteiger partial charge in [0.05, 0.1) is 31.8 Å². The number of esters is 1. The molecule has 8 nitrogen and oxygen atoms in total. The quantitative estimate of drug-likeness (QED) is 0.223. The summed E-state index contributed by atoms with van der Waals surface area (Å²) in [7, 11) is 0. The second-order valence-corrected chi connectivity index (χ2v) is 7.56. The molecule has 0 N–H and O–H groups in total. The number of para-hydroxylation sites is 1. The van der Waals surface area contributed by atoms with Crippen LogP contribution in [0.4, 0.5) is 11.4 Å². The number of nitro benzene ring substituents is 1. The van der Waals surface area contributed by atoms with Crippen molar-refractivity contribution in [3.05, 3.63) is 103 Å². The molecule has 10 heteroatoms. The second kappa shape index (κ2) is 8.41. The minimum atomic E-state index is -0.887. The molecular weight excluding hydrogens is 459 g/mol. The topological polar surface area (TPSA) is 107 Å². The first kappa shape index (κ1) is 21.5. The first-order valence-corrected chi connectivity index (χ1v) is 9.91. The van der Waals surface area contributed by atoms with E-state index in [0.717, 1.165) is 11.0 Å². The Morgan fingerprint density at radius 3 is 2.44 bits per heavy atom. The number of anilines is 1. The highest BCUT2D eigenvalue weighted by atomic mass is 35.5. The normalized spacial score (nSPS) is 12.6. The third kappa shape index (κ3) is 3.70. The number of amides is 2. The van der Waals surface area contributed by atoms with Gasteiger partial charge in [0.2, 0.25) is 0 Å². The average molecular weight is 471 g/mol. The molecule has 3 aromatic rings. The molecule has 1 heterocycles. The average Bonchev–Trinajstić information content (AvgIpc) is 3.04. The van der Waals surface area contributed by atoms with E-state index in [1.807, 2.05) is 0 Å². The fourth-order valence-electron chi connectivity index (χ4n) is 3.34. The Morgan fingerprint density at radius 1 is 0.969 bits per heavy atom. The van der Waals surface area contributed by atoms with Gasteiger partial charge in [-0.15, -0.1) is 0 Å². The summed E-state index contributed by atoms with van der Waals surface area (Å²) < 4.78 is 5.32. The number of ether oxygens (including phenoxy) is 1. The van der Waals surface area contributed by atoms with E-state index in [2.05, 4.69) is 0 Å². The first-order chi connectivity index (χ1) is 15.3. The molecule has 2 amide bonds. The maximum atomic E-state index is 13.0. The minimum absolute atomic E-state index is 0.0351. The number of hydrogen-bond donors (Lipinski definition) is 0. The molecule has 0 aromatic heterocycles. The van der Waals surface area contributed by atoms with Crippen LogP contribution in [0, 0.1) is 10.1 Å². The van der Waals surface area contributed by atoms with E-state index in [1.165, 1.54) is 30.3 Å². The molecule has 0 aliphatic carbocycles. The van der Waals surface area contributed by atoms with Gasteiger partial charge in [-0.05, 0) is 35.9 Å². The van der Waals surface area contributed by atoms with Crippen molar-refractivity contribution in [1.82, 2.24) is 0 Å². The van der Waals surface area contributed by atoms with Gasteiger partial charge in [0, 0.05) is 6.07 Å².